The summed E-state index contributed by atoms with van der Waals surface area (Å²) in [6.07, 6.45) is 3.72. The summed E-state index contributed by atoms with van der Waals surface area (Å²) in [5, 5.41) is 21.0. The molecule has 0 amide bonds. The molecule has 1 aromatic heterocycles. The van der Waals surface area contributed by atoms with Gasteiger partial charge >= 0.3 is 0 Å². The summed E-state index contributed by atoms with van der Waals surface area (Å²) < 4.78 is 10.9. The molecule has 0 radical (unpaired) electrons. The minimum Gasteiger partial charge on any atom is -0.492 e. The number of nitro groups is 1. The number of rotatable bonds is 8. The van der Waals surface area contributed by atoms with E-state index in [9.17, 15) is 15.2 Å². The molecule has 0 bridgehead atoms. The number of hydrogen-bond acceptors (Lipinski definition) is 6. The van der Waals surface area contributed by atoms with Crippen molar-refractivity contribution in [3.8, 4) is 5.75 Å². The van der Waals surface area contributed by atoms with E-state index in [-0.39, 0.29) is 11.7 Å². The van der Waals surface area contributed by atoms with Gasteiger partial charge in [0.15, 0.2) is 0 Å². The maximum atomic E-state index is 10.8. The first-order chi connectivity index (χ1) is 12.1. The monoisotopic (exact) mass is 346 g/mol. The van der Waals surface area contributed by atoms with Gasteiger partial charge in [0.05, 0.1) is 17.3 Å². The van der Waals surface area contributed by atoms with Crippen molar-refractivity contribution >= 4 is 5.69 Å². The lowest BCUT2D eigenvalue weighted by Gasteiger charge is -2.25. The van der Waals surface area contributed by atoms with Crippen LogP contribution >= 0.6 is 0 Å². The molecule has 2 heterocycles. The van der Waals surface area contributed by atoms with Crippen molar-refractivity contribution in [2.24, 2.45) is 0 Å². The number of nitro benzene ring substituents is 1. The molecule has 2 atom stereocenters. The number of nitrogens with zero attached hydrogens (tertiary/aromatic N) is 2. The summed E-state index contributed by atoms with van der Waals surface area (Å²) in [7, 11) is 0. The predicted molar refractivity (Wildman–Crippen MR) is 91.5 cm³/mol. The van der Waals surface area contributed by atoms with Crippen LogP contribution in [0.5, 0.6) is 5.75 Å². The van der Waals surface area contributed by atoms with Gasteiger partial charge in [-0.25, -0.2) is 0 Å². The highest BCUT2D eigenvalue weighted by Crippen LogP contribution is 2.27. The Morgan fingerprint density at radius 3 is 3.04 bits per heavy atom. The van der Waals surface area contributed by atoms with Gasteiger partial charge in [-0.2, -0.15) is 0 Å². The Kier molecular flexibility index (Phi) is 5.67. The standard InChI is InChI=1S/C18H22N2O5/c21-17(18-7-3-10-25-18)13-14-5-2-8-19(14)9-11-24-16-6-1-4-15(12-16)20(22)23/h1,3-4,6-7,10,12,14,17,21H,2,5,8-9,11,13H2. The van der Waals surface area contributed by atoms with Crippen LogP contribution in [0, 0.1) is 10.1 Å². The molecule has 0 aliphatic carbocycles. The normalized spacial score (nSPS) is 19.0. The Morgan fingerprint density at radius 2 is 2.28 bits per heavy atom. The molecule has 1 aromatic carbocycles. The smallest absolute Gasteiger partial charge is 0.273 e. The molecule has 1 fully saturated rings. The highest BCUT2D eigenvalue weighted by atomic mass is 16.6. The number of likely N-dealkylation sites (tertiary alicyclic amines) is 1. The van der Waals surface area contributed by atoms with Crippen molar-refractivity contribution in [3.05, 3.63) is 58.5 Å². The summed E-state index contributed by atoms with van der Waals surface area (Å²) >= 11 is 0. The summed E-state index contributed by atoms with van der Waals surface area (Å²) in [5.74, 6) is 1.10. The molecular weight excluding hydrogens is 324 g/mol. The van der Waals surface area contributed by atoms with Gasteiger partial charge in [0, 0.05) is 18.7 Å². The molecule has 3 rings (SSSR count). The van der Waals surface area contributed by atoms with Crippen LogP contribution < -0.4 is 4.74 Å². The molecule has 1 N–H and O–H groups in total. The van der Waals surface area contributed by atoms with Crippen LogP contribution in [0.4, 0.5) is 5.69 Å². The summed E-state index contributed by atoms with van der Waals surface area (Å²) in [4.78, 5) is 12.7. The zero-order valence-corrected chi connectivity index (χ0v) is 13.9. The van der Waals surface area contributed by atoms with Crippen LogP contribution in [0.3, 0.4) is 0 Å². The fourth-order valence-electron chi connectivity index (χ4n) is 3.28. The van der Waals surface area contributed by atoms with E-state index in [0.29, 0.717) is 24.5 Å². The minimum absolute atomic E-state index is 0.0260. The molecule has 25 heavy (non-hydrogen) atoms. The fourth-order valence-corrected chi connectivity index (χ4v) is 3.28. The van der Waals surface area contributed by atoms with Gasteiger partial charge in [-0.05, 0) is 44.0 Å². The Bertz CT molecular complexity index is 689. The Morgan fingerprint density at radius 1 is 1.40 bits per heavy atom. The molecule has 7 nitrogen and oxygen atoms in total. The first-order valence-electron chi connectivity index (χ1n) is 8.46. The lowest BCUT2D eigenvalue weighted by Crippen LogP contribution is -2.34. The van der Waals surface area contributed by atoms with Crippen molar-refractivity contribution in [2.45, 2.75) is 31.4 Å². The van der Waals surface area contributed by atoms with Crippen molar-refractivity contribution in [1.29, 1.82) is 0 Å². The molecule has 0 saturated carbocycles. The van der Waals surface area contributed by atoms with Gasteiger partial charge in [0.1, 0.15) is 24.2 Å². The molecule has 2 unspecified atom stereocenters. The van der Waals surface area contributed by atoms with E-state index in [1.807, 2.05) is 0 Å². The van der Waals surface area contributed by atoms with Crippen LogP contribution in [0.15, 0.2) is 47.1 Å². The summed E-state index contributed by atoms with van der Waals surface area (Å²) in [6.45, 7) is 2.14. The lowest BCUT2D eigenvalue weighted by atomic mass is 10.1. The molecular formula is C18H22N2O5. The molecule has 0 spiro atoms. The van der Waals surface area contributed by atoms with E-state index in [2.05, 4.69) is 4.90 Å². The van der Waals surface area contributed by atoms with Gasteiger partial charge in [0.25, 0.3) is 5.69 Å². The Labute approximate surface area is 146 Å². The SMILES string of the molecule is O=[N+]([O-])c1cccc(OCCN2CCCC2CC(O)c2ccco2)c1. The van der Waals surface area contributed by atoms with E-state index in [1.165, 1.54) is 12.1 Å². The number of aliphatic hydroxyl groups excluding tert-OH is 1. The van der Waals surface area contributed by atoms with Crippen LogP contribution in [0.25, 0.3) is 0 Å². The van der Waals surface area contributed by atoms with E-state index < -0.39 is 11.0 Å². The molecule has 1 saturated heterocycles. The zero-order valence-electron chi connectivity index (χ0n) is 13.9. The molecule has 1 aliphatic rings. The van der Waals surface area contributed by atoms with Crippen LogP contribution in [-0.2, 0) is 0 Å². The maximum absolute atomic E-state index is 10.8. The Hall–Kier alpha value is -2.38. The predicted octanol–water partition coefficient (Wildman–Crippen LogP) is 3.15. The van der Waals surface area contributed by atoms with E-state index >= 15 is 0 Å². The first kappa shape index (κ1) is 17.4. The average molecular weight is 346 g/mol. The third-order valence-electron chi connectivity index (χ3n) is 4.54. The fraction of sp³-hybridized carbons (Fsp3) is 0.444. The molecule has 134 valence electrons. The zero-order chi connectivity index (χ0) is 17.6. The molecule has 7 heteroatoms. The Balaban J connectivity index is 1.49. The number of hydrogen-bond donors (Lipinski definition) is 1. The average Bonchev–Trinajstić information content (AvgIpc) is 3.27. The first-order valence-corrected chi connectivity index (χ1v) is 8.46. The topological polar surface area (TPSA) is 89.0 Å². The minimum atomic E-state index is -0.599. The quantitative estimate of drug-likeness (QED) is 0.583. The van der Waals surface area contributed by atoms with E-state index in [0.717, 1.165) is 25.9 Å². The number of non-ortho nitro benzene ring substituents is 1. The lowest BCUT2D eigenvalue weighted by molar-refractivity contribution is -0.384. The van der Waals surface area contributed by atoms with Crippen molar-refractivity contribution in [3.63, 3.8) is 0 Å². The van der Waals surface area contributed by atoms with Crippen molar-refractivity contribution < 1.29 is 19.2 Å². The second kappa shape index (κ2) is 8.13. The largest absolute Gasteiger partial charge is 0.492 e. The van der Waals surface area contributed by atoms with Crippen LogP contribution in [0.1, 0.15) is 31.1 Å². The highest BCUT2D eigenvalue weighted by Gasteiger charge is 2.27. The van der Waals surface area contributed by atoms with E-state index in [4.69, 9.17) is 9.15 Å². The van der Waals surface area contributed by atoms with Crippen molar-refractivity contribution in [1.82, 2.24) is 4.90 Å². The summed E-state index contributed by atoms with van der Waals surface area (Å²) in [5.41, 5.74) is 0.0260. The number of aliphatic hydroxyl groups is 1. The van der Waals surface area contributed by atoms with Crippen LogP contribution in [0.2, 0.25) is 0 Å². The summed E-state index contributed by atoms with van der Waals surface area (Å²) in [6, 6.07) is 10.1. The van der Waals surface area contributed by atoms with Crippen molar-refractivity contribution in [2.75, 3.05) is 19.7 Å². The number of ether oxygens (including phenoxy) is 1. The second-order valence-corrected chi connectivity index (χ2v) is 6.20. The highest BCUT2D eigenvalue weighted by molar-refractivity contribution is 5.37. The number of benzene rings is 1. The maximum Gasteiger partial charge on any atom is 0.273 e. The number of furan rings is 1. The third-order valence-corrected chi connectivity index (χ3v) is 4.54. The van der Waals surface area contributed by atoms with Gasteiger partial charge in [-0.3, -0.25) is 15.0 Å². The van der Waals surface area contributed by atoms with Gasteiger partial charge in [-0.15, -0.1) is 0 Å². The van der Waals surface area contributed by atoms with Gasteiger partial charge < -0.3 is 14.3 Å². The second-order valence-electron chi connectivity index (χ2n) is 6.20. The van der Waals surface area contributed by atoms with Gasteiger partial charge in [0.2, 0.25) is 0 Å². The third kappa shape index (κ3) is 4.58. The van der Waals surface area contributed by atoms with Crippen LogP contribution in [-0.4, -0.2) is 40.7 Å². The molecule has 1 aliphatic heterocycles. The van der Waals surface area contributed by atoms with E-state index in [1.54, 1.807) is 30.5 Å². The molecule has 2 aromatic rings. The van der Waals surface area contributed by atoms with Gasteiger partial charge in [-0.1, -0.05) is 6.07 Å².